The number of aryl methyl sites for hydroxylation is 1. The number of aromatic nitrogens is 2. The summed E-state index contributed by atoms with van der Waals surface area (Å²) in [5.41, 5.74) is 0. The molecule has 7 nitrogen and oxygen atoms in total. The highest BCUT2D eigenvalue weighted by Crippen LogP contribution is 2.36. The van der Waals surface area contributed by atoms with Gasteiger partial charge in [-0.05, 0) is 6.42 Å². The Morgan fingerprint density at radius 1 is 1.60 bits per heavy atom. The average molecular weight is 319 g/mol. The first-order valence-electron chi connectivity index (χ1n) is 6.24. The number of carboxylic acid groups (broad SMARTS) is 1. The molecule has 20 heavy (non-hydrogen) atoms. The molecule has 1 aromatic rings. The highest BCUT2D eigenvalue weighted by molar-refractivity contribution is 8.01. The van der Waals surface area contributed by atoms with Gasteiger partial charge in [-0.2, -0.15) is 9.40 Å². The molecule has 0 saturated carbocycles. The minimum absolute atomic E-state index is 0.0369. The summed E-state index contributed by atoms with van der Waals surface area (Å²) in [6.45, 7) is 1.95. The second kappa shape index (κ2) is 5.74. The van der Waals surface area contributed by atoms with Crippen molar-refractivity contribution in [2.24, 2.45) is 7.05 Å². The molecule has 0 radical (unpaired) electrons. The predicted octanol–water partition coefficient (Wildman–Crippen LogP) is 0.737. The second-order valence-corrected chi connectivity index (χ2v) is 7.67. The zero-order valence-corrected chi connectivity index (χ0v) is 12.9. The lowest BCUT2D eigenvalue weighted by Gasteiger charge is -2.25. The number of aliphatic carboxylic acids is 1. The van der Waals surface area contributed by atoms with Crippen molar-refractivity contribution in [3.63, 3.8) is 0 Å². The van der Waals surface area contributed by atoms with Gasteiger partial charge in [0, 0.05) is 19.0 Å². The Kier molecular flexibility index (Phi) is 4.40. The molecule has 0 spiro atoms. The van der Waals surface area contributed by atoms with Crippen LogP contribution in [0.15, 0.2) is 17.3 Å². The molecule has 0 aliphatic carbocycles. The zero-order chi connectivity index (χ0) is 14.9. The molecule has 9 heteroatoms. The number of carbonyl (C=O) groups is 1. The van der Waals surface area contributed by atoms with E-state index in [-0.39, 0.29) is 16.0 Å². The molecule has 1 aromatic heterocycles. The van der Waals surface area contributed by atoms with Crippen LogP contribution in [0.4, 0.5) is 0 Å². The highest BCUT2D eigenvalue weighted by atomic mass is 32.2. The van der Waals surface area contributed by atoms with Crippen molar-refractivity contribution < 1.29 is 18.3 Å². The van der Waals surface area contributed by atoms with E-state index in [9.17, 15) is 18.3 Å². The third kappa shape index (κ3) is 2.70. The van der Waals surface area contributed by atoms with E-state index in [0.717, 1.165) is 10.7 Å². The van der Waals surface area contributed by atoms with E-state index in [4.69, 9.17) is 0 Å². The topological polar surface area (TPSA) is 92.5 Å². The fourth-order valence-electron chi connectivity index (χ4n) is 2.16. The van der Waals surface area contributed by atoms with Crippen molar-refractivity contribution in [3.8, 4) is 0 Å². The molecule has 2 heterocycles. The number of thioether (sulfide) groups is 1. The lowest BCUT2D eigenvalue weighted by atomic mass is 10.3. The summed E-state index contributed by atoms with van der Waals surface area (Å²) < 4.78 is 27.8. The molecule has 1 aliphatic heterocycles. The summed E-state index contributed by atoms with van der Waals surface area (Å²) in [6.07, 6.45) is 4.07. The Morgan fingerprint density at radius 3 is 2.80 bits per heavy atom. The number of hydrogen-bond donors (Lipinski definition) is 1. The summed E-state index contributed by atoms with van der Waals surface area (Å²) >= 11 is 1.38. The molecule has 1 aliphatic rings. The molecule has 1 N–H and O–H groups in total. The third-order valence-electron chi connectivity index (χ3n) is 3.11. The van der Waals surface area contributed by atoms with Gasteiger partial charge in [0.15, 0.2) is 0 Å². The van der Waals surface area contributed by atoms with Crippen LogP contribution < -0.4 is 0 Å². The largest absolute Gasteiger partial charge is 0.480 e. The van der Waals surface area contributed by atoms with Gasteiger partial charge in [-0.15, -0.1) is 11.8 Å². The van der Waals surface area contributed by atoms with E-state index >= 15 is 0 Å². The first-order chi connectivity index (χ1) is 9.37. The van der Waals surface area contributed by atoms with E-state index < -0.39 is 22.0 Å². The summed E-state index contributed by atoms with van der Waals surface area (Å²) in [6, 6.07) is -1.01. The van der Waals surface area contributed by atoms with Crippen LogP contribution in [0.1, 0.15) is 19.8 Å². The van der Waals surface area contributed by atoms with Gasteiger partial charge < -0.3 is 5.11 Å². The van der Waals surface area contributed by atoms with Crippen molar-refractivity contribution in [1.82, 2.24) is 14.1 Å². The molecule has 2 rings (SSSR count). The minimum atomic E-state index is -3.84. The Morgan fingerprint density at radius 2 is 2.30 bits per heavy atom. The Balaban J connectivity index is 2.41. The van der Waals surface area contributed by atoms with Gasteiger partial charge in [-0.25, -0.2) is 8.42 Å². The van der Waals surface area contributed by atoms with E-state index in [2.05, 4.69) is 5.10 Å². The van der Waals surface area contributed by atoms with E-state index in [1.807, 2.05) is 6.92 Å². The summed E-state index contributed by atoms with van der Waals surface area (Å²) in [4.78, 5) is 11.3. The Bertz CT molecular complexity index is 599. The number of rotatable bonds is 5. The van der Waals surface area contributed by atoms with E-state index in [0.29, 0.717) is 6.42 Å². The summed E-state index contributed by atoms with van der Waals surface area (Å²) in [5.74, 6) is -0.831. The van der Waals surface area contributed by atoms with Crippen molar-refractivity contribution in [2.75, 3.05) is 5.75 Å². The number of hydrogen-bond acceptors (Lipinski definition) is 5. The van der Waals surface area contributed by atoms with Crippen LogP contribution in [-0.4, -0.2) is 50.7 Å². The number of carboxylic acids is 1. The van der Waals surface area contributed by atoms with Gasteiger partial charge in [0.05, 0.1) is 11.6 Å². The normalized spacial score (nSPS) is 24.1. The van der Waals surface area contributed by atoms with Crippen LogP contribution >= 0.6 is 11.8 Å². The van der Waals surface area contributed by atoms with Crippen molar-refractivity contribution in [2.45, 2.75) is 36.1 Å². The fourth-order valence-corrected chi connectivity index (χ4v) is 5.81. The van der Waals surface area contributed by atoms with Crippen molar-refractivity contribution in [1.29, 1.82) is 0 Å². The molecule has 0 aromatic carbocycles. The maximum Gasteiger partial charge on any atom is 0.322 e. The van der Waals surface area contributed by atoms with Gasteiger partial charge in [0.25, 0.3) is 0 Å². The quantitative estimate of drug-likeness (QED) is 0.860. The SMILES string of the molecule is CCCC1SCC(C(=O)O)N1S(=O)(=O)c1cnn(C)c1. The molecule has 0 bridgehead atoms. The van der Waals surface area contributed by atoms with Crippen molar-refractivity contribution >= 4 is 27.8 Å². The van der Waals surface area contributed by atoms with Crippen LogP contribution in [0.25, 0.3) is 0 Å². The van der Waals surface area contributed by atoms with Gasteiger partial charge in [0.2, 0.25) is 10.0 Å². The Hall–Kier alpha value is -1.06. The van der Waals surface area contributed by atoms with Gasteiger partial charge >= 0.3 is 5.97 Å². The summed E-state index contributed by atoms with van der Waals surface area (Å²) in [7, 11) is -2.21. The third-order valence-corrected chi connectivity index (χ3v) is 6.47. The van der Waals surface area contributed by atoms with Crippen LogP contribution in [-0.2, 0) is 21.9 Å². The van der Waals surface area contributed by atoms with Crippen LogP contribution in [0.5, 0.6) is 0 Å². The molecular formula is C11H17N3O4S2. The van der Waals surface area contributed by atoms with Gasteiger partial charge in [-0.3, -0.25) is 9.48 Å². The first kappa shape index (κ1) is 15.3. The van der Waals surface area contributed by atoms with Crippen LogP contribution in [0, 0.1) is 0 Å². The molecule has 112 valence electrons. The zero-order valence-electron chi connectivity index (χ0n) is 11.3. The smallest absolute Gasteiger partial charge is 0.322 e. The molecular weight excluding hydrogens is 302 g/mol. The Labute approximate surface area is 122 Å². The maximum atomic E-state index is 12.6. The first-order valence-corrected chi connectivity index (χ1v) is 8.73. The predicted molar refractivity (Wildman–Crippen MR) is 74.8 cm³/mol. The molecule has 0 amide bonds. The molecule has 1 fully saturated rings. The minimum Gasteiger partial charge on any atom is -0.480 e. The lowest BCUT2D eigenvalue weighted by molar-refractivity contribution is -0.140. The van der Waals surface area contributed by atoms with E-state index in [1.54, 1.807) is 7.05 Å². The average Bonchev–Trinajstić information content (AvgIpc) is 2.96. The molecule has 2 unspecified atom stereocenters. The lowest BCUT2D eigenvalue weighted by Crippen LogP contribution is -2.45. The molecule has 1 saturated heterocycles. The number of nitrogens with zero attached hydrogens (tertiary/aromatic N) is 3. The molecule has 2 atom stereocenters. The van der Waals surface area contributed by atoms with E-state index in [1.165, 1.54) is 28.8 Å². The standard InChI is InChI=1S/C11H17N3O4S2/c1-3-4-10-14(9(7-19-10)11(15)16)20(17,18)8-5-12-13(2)6-8/h5-6,9-10H,3-4,7H2,1-2H3,(H,15,16). The summed E-state index contributed by atoms with van der Waals surface area (Å²) in [5, 5.41) is 12.8. The second-order valence-electron chi connectivity index (χ2n) is 4.62. The monoisotopic (exact) mass is 319 g/mol. The van der Waals surface area contributed by atoms with Gasteiger partial charge in [0.1, 0.15) is 10.9 Å². The maximum absolute atomic E-state index is 12.6. The highest BCUT2D eigenvalue weighted by Gasteiger charge is 2.46. The number of sulfonamides is 1. The van der Waals surface area contributed by atoms with Crippen LogP contribution in [0.3, 0.4) is 0 Å². The fraction of sp³-hybridized carbons (Fsp3) is 0.636. The van der Waals surface area contributed by atoms with Gasteiger partial charge in [-0.1, -0.05) is 13.3 Å². The van der Waals surface area contributed by atoms with Crippen LogP contribution in [0.2, 0.25) is 0 Å². The van der Waals surface area contributed by atoms with Crippen molar-refractivity contribution in [3.05, 3.63) is 12.4 Å².